The van der Waals surface area contributed by atoms with Crippen molar-refractivity contribution < 1.29 is 5.11 Å². The van der Waals surface area contributed by atoms with Gasteiger partial charge in [0, 0.05) is 16.7 Å². The molecular formula is C19H19NOS. The molecule has 1 N–H and O–H groups in total. The van der Waals surface area contributed by atoms with Gasteiger partial charge in [0.2, 0.25) is 0 Å². The molecule has 0 saturated heterocycles. The molecule has 1 aromatic heterocycles. The third-order valence-corrected chi connectivity index (χ3v) is 5.11. The number of thioether (sulfide) groups is 1. The molecule has 0 spiro atoms. The fourth-order valence-electron chi connectivity index (χ4n) is 2.54. The second-order valence-corrected chi connectivity index (χ2v) is 7.29. The Morgan fingerprint density at radius 1 is 1.23 bits per heavy atom. The first-order valence-electron chi connectivity index (χ1n) is 7.44. The third-order valence-electron chi connectivity index (χ3n) is 4.04. The highest BCUT2D eigenvalue weighted by Gasteiger charge is 2.27. The van der Waals surface area contributed by atoms with Gasteiger partial charge in [-0.2, -0.15) is 0 Å². The monoisotopic (exact) mass is 309 g/mol. The normalized spacial score (nSPS) is 15.6. The van der Waals surface area contributed by atoms with E-state index in [1.54, 1.807) is 6.20 Å². The summed E-state index contributed by atoms with van der Waals surface area (Å²) in [4.78, 5) is 5.62. The highest BCUT2D eigenvalue weighted by Crippen LogP contribution is 2.41. The Morgan fingerprint density at radius 2 is 2.09 bits per heavy atom. The van der Waals surface area contributed by atoms with E-state index in [9.17, 15) is 0 Å². The number of aromatic nitrogens is 1. The quantitative estimate of drug-likeness (QED) is 0.815. The number of hydrogen-bond acceptors (Lipinski definition) is 3. The Balaban J connectivity index is 1.89. The maximum Gasteiger partial charge on any atom is 0.113 e. The van der Waals surface area contributed by atoms with Crippen LogP contribution in [0.1, 0.15) is 42.7 Å². The summed E-state index contributed by atoms with van der Waals surface area (Å²) in [5, 5.41) is 9.02. The van der Waals surface area contributed by atoms with Gasteiger partial charge in [-0.25, -0.2) is 4.98 Å². The minimum Gasteiger partial charge on any atom is -0.392 e. The first-order chi connectivity index (χ1) is 10.6. The second kappa shape index (κ2) is 6.16. The SMILES string of the molecule is CC1(C)CCSc2ccc(C#Cc3ccc(CO)cn3)cc21. The number of pyridine rings is 1. The van der Waals surface area contributed by atoms with E-state index >= 15 is 0 Å². The van der Waals surface area contributed by atoms with Gasteiger partial charge in [0.25, 0.3) is 0 Å². The minimum atomic E-state index is 0.0122. The van der Waals surface area contributed by atoms with Gasteiger partial charge >= 0.3 is 0 Å². The molecule has 3 rings (SSSR count). The molecule has 0 aliphatic carbocycles. The van der Waals surface area contributed by atoms with Crippen molar-refractivity contribution in [2.24, 2.45) is 0 Å². The van der Waals surface area contributed by atoms with Crippen molar-refractivity contribution >= 4 is 11.8 Å². The van der Waals surface area contributed by atoms with Crippen molar-refractivity contribution in [2.75, 3.05) is 5.75 Å². The molecule has 0 atom stereocenters. The summed E-state index contributed by atoms with van der Waals surface area (Å²) < 4.78 is 0. The molecule has 0 bridgehead atoms. The van der Waals surface area contributed by atoms with Gasteiger partial charge in [0.1, 0.15) is 5.69 Å². The van der Waals surface area contributed by atoms with Gasteiger partial charge in [-0.3, -0.25) is 0 Å². The summed E-state index contributed by atoms with van der Waals surface area (Å²) in [6.45, 7) is 4.62. The zero-order valence-electron chi connectivity index (χ0n) is 12.9. The van der Waals surface area contributed by atoms with E-state index in [1.807, 2.05) is 23.9 Å². The van der Waals surface area contributed by atoms with Crippen LogP contribution < -0.4 is 0 Å². The van der Waals surface area contributed by atoms with Crippen LogP contribution in [0.15, 0.2) is 41.4 Å². The average molecular weight is 309 g/mol. The summed E-state index contributed by atoms with van der Waals surface area (Å²) in [6.07, 6.45) is 2.86. The second-order valence-electron chi connectivity index (χ2n) is 6.15. The Kier molecular flexibility index (Phi) is 4.24. The van der Waals surface area contributed by atoms with E-state index in [-0.39, 0.29) is 12.0 Å². The number of aliphatic hydroxyl groups excluding tert-OH is 1. The van der Waals surface area contributed by atoms with Crippen molar-refractivity contribution in [3.63, 3.8) is 0 Å². The van der Waals surface area contributed by atoms with Crippen LogP contribution >= 0.6 is 11.8 Å². The molecule has 2 aromatic rings. The van der Waals surface area contributed by atoms with Crippen LogP contribution in [0.4, 0.5) is 0 Å². The zero-order valence-corrected chi connectivity index (χ0v) is 13.7. The van der Waals surface area contributed by atoms with Gasteiger partial charge in [-0.15, -0.1) is 11.8 Å². The van der Waals surface area contributed by atoms with Crippen LogP contribution in [0.3, 0.4) is 0 Å². The first kappa shape index (κ1) is 15.1. The lowest BCUT2D eigenvalue weighted by atomic mass is 9.81. The molecule has 0 radical (unpaired) electrons. The lowest BCUT2D eigenvalue weighted by Gasteiger charge is -2.32. The molecule has 112 valence electrons. The number of hydrogen-bond donors (Lipinski definition) is 1. The minimum absolute atomic E-state index is 0.0122. The molecule has 2 nitrogen and oxygen atoms in total. The molecule has 1 aliphatic rings. The molecule has 3 heteroatoms. The molecular weight excluding hydrogens is 290 g/mol. The van der Waals surface area contributed by atoms with E-state index in [4.69, 9.17) is 5.11 Å². The van der Waals surface area contributed by atoms with Crippen LogP contribution in [-0.2, 0) is 12.0 Å². The molecule has 0 fully saturated rings. The van der Waals surface area contributed by atoms with Gasteiger partial charge < -0.3 is 5.11 Å². The van der Waals surface area contributed by atoms with Crippen molar-refractivity contribution in [1.82, 2.24) is 4.98 Å². The number of benzene rings is 1. The molecule has 1 aliphatic heterocycles. The molecule has 22 heavy (non-hydrogen) atoms. The molecule has 0 saturated carbocycles. The summed E-state index contributed by atoms with van der Waals surface area (Å²) in [7, 11) is 0. The van der Waals surface area contributed by atoms with Crippen LogP contribution in [0.5, 0.6) is 0 Å². The molecule has 1 aromatic carbocycles. The predicted molar refractivity (Wildman–Crippen MR) is 90.9 cm³/mol. The number of aliphatic hydroxyl groups is 1. The predicted octanol–water partition coefficient (Wildman–Crippen LogP) is 3.75. The summed E-state index contributed by atoms with van der Waals surface area (Å²) >= 11 is 1.93. The third kappa shape index (κ3) is 3.19. The average Bonchev–Trinajstić information content (AvgIpc) is 2.53. The van der Waals surface area contributed by atoms with Crippen LogP contribution in [0.25, 0.3) is 0 Å². The van der Waals surface area contributed by atoms with E-state index in [0.29, 0.717) is 0 Å². The van der Waals surface area contributed by atoms with Gasteiger partial charge in [-0.05, 0) is 58.9 Å². The topological polar surface area (TPSA) is 33.1 Å². The van der Waals surface area contributed by atoms with Gasteiger partial charge in [0.05, 0.1) is 6.61 Å². The number of rotatable bonds is 1. The van der Waals surface area contributed by atoms with Gasteiger partial charge in [-0.1, -0.05) is 25.8 Å². The molecule has 2 heterocycles. The van der Waals surface area contributed by atoms with Crippen molar-refractivity contribution in [3.05, 3.63) is 58.9 Å². The smallest absolute Gasteiger partial charge is 0.113 e. The van der Waals surface area contributed by atoms with E-state index < -0.39 is 0 Å². The lowest BCUT2D eigenvalue weighted by Crippen LogP contribution is -2.22. The Hall–Kier alpha value is -1.76. The Morgan fingerprint density at radius 3 is 2.82 bits per heavy atom. The molecule has 0 amide bonds. The largest absolute Gasteiger partial charge is 0.392 e. The maximum absolute atomic E-state index is 9.02. The first-order valence-corrected chi connectivity index (χ1v) is 8.42. The van der Waals surface area contributed by atoms with Crippen molar-refractivity contribution in [1.29, 1.82) is 0 Å². The van der Waals surface area contributed by atoms with Crippen molar-refractivity contribution in [3.8, 4) is 11.8 Å². The van der Waals surface area contributed by atoms with E-state index in [2.05, 4.69) is 48.9 Å². The van der Waals surface area contributed by atoms with Crippen LogP contribution in [-0.4, -0.2) is 15.8 Å². The fraction of sp³-hybridized carbons (Fsp3) is 0.316. The van der Waals surface area contributed by atoms with Crippen LogP contribution in [0.2, 0.25) is 0 Å². The van der Waals surface area contributed by atoms with Crippen LogP contribution in [0, 0.1) is 11.8 Å². The molecule has 0 unspecified atom stereocenters. The summed E-state index contributed by atoms with van der Waals surface area (Å²) in [5.41, 5.74) is 4.18. The maximum atomic E-state index is 9.02. The Bertz CT molecular complexity index is 738. The highest BCUT2D eigenvalue weighted by atomic mass is 32.2. The van der Waals surface area contributed by atoms with E-state index in [1.165, 1.54) is 22.6 Å². The van der Waals surface area contributed by atoms with Gasteiger partial charge in [0.15, 0.2) is 0 Å². The Labute approximate surface area is 136 Å². The van der Waals surface area contributed by atoms with Crippen molar-refractivity contribution in [2.45, 2.75) is 37.2 Å². The standard InChI is InChI=1S/C19H19NOS/c1-19(2)9-10-22-18-8-5-14(11-17(18)19)3-6-16-7-4-15(13-21)12-20-16/h4-5,7-8,11-12,21H,9-10,13H2,1-2H3. The zero-order chi connectivity index (χ0) is 15.6. The number of nitrogens with zero attached hydrogens (tertiary/aromatic N) is 1. The lowest BCUT2D eigenvalue weighted by molar-refractivity contribution is 0.281. The highest BCUT2D eigenvalue weighted by molar-refractivity contribution is 7.99. The fourth-order valence-corrected chi connectivity index (χ4v) is 4.03. The number of fused-ring (bicyclic) bond motifs is 1. The summed E-state index contributed by atoms with van der Waals surface area (Å²) in [6, 6.07) is 10.2. The van der Waals surface area contributed by atoms with E-state index in [0.717, 1.165) is 16.8 Å². The summed E-state index contributed by atoms with van der Waals surface area (Å²) in [5.74, 6) is 7.49.